The summed E-state index contributed by atoms with van der Waals surface area (Å²) in [7, 11) is 0. The SMILES string of the molecule is O=C[C@@H]1CC[C@H](/C=N/c2ccccc2)O1. The monoisotopic (exact) mass is 203 g/mol. The van der Waals surface area contributed by atoms with E-state index in [1.165, 1.54) is 0 Å². The third-order valence-corrected chi connectivity index (χ3v) is 2.38. The highest BCUT2D eigenvalue weighted by Gasteiger charge is 2.22. The number of hydrogen-bond acceptors (Lipinski definition) is 3. The number of carbonyl (C=O) groups excluding carboxylic acids is 1. The predicted molar refractivity (Wildman–Crippen MR) is 58.6 cm³/mol. The second kappa shape index (κ2) is 4.84. The molecule has 1 aliphatic rings. The minimum Gasteiger partial charge on any atom is -0.362 e. The lowest BCUT2D eigenvalue weighted by Gasteiger charge is -2.03. The van der Waals surface area contributed by atoms with Gasteiger partial charge in [0.2, 0.25) is 0 Å². The van der Waals surface area contributed by atoms with Crippen LogP contribution in [-0.4, -0.2) is 24.7 Å². The average Bonchev–Trinajstić information content (AvgIpc) is 2.76. The van der Waals surface area contributed by atoms with Gasteiger partial charge in [-0.05, 0) is 25.0 Å². The van der Waals surface area contributed by atoms with Gasteiger partial charge in [0.25, 0.3) is 0 Å². The lowest BCUT2D eigenvalue weighted by atomic mass is 10.2. The van der Waals surface area contributed by atoms with Crippen LogP contribution >= 0.6 is 0 Å². The Labute approximate surface area is 88.8 Å². The summed E-state index contributed by atoms with van der Waals surface area (Å²) in [6, 6.07) is 9.70. The molecule has 0 saturated carbocycles. The molecule has 78 valence electrons. The number of para-hydroxylation sites is 1. The zero-order chi connectivity index (χ0) is 10.5. The van der Waals surface area contributed by atoms with Crippen LogP contribution in [0.1, 0.15) is 12.8 Å². The number of ether oxygens (including phenoxy) is 1. The number of hydrogen-bond donors (Lipinski definition) is 0. The molecule has 1 fully saturated rings. The fraction of sp³-hybridized carbons (Fsp3) is 0.333. The summed E-state index contributed by atoms with van der Waals surface area (Å²) in [5.41, 5.74) is 0.913. The zero-order valence-electron chi connectivity index (χ0n) is 8.37. The Kier molecular flexibility index (Phi) is 3.25. The van der Waals surface area contributed by atoms with Crippen molar-refractivity contribution in [3.05, 3.63) is 30.3 Å². The second-order valence-corrected chi connectivity index (χ2v) is 3.54. The minimum absolute atomic E-state index is 0.0135. The number of nitrogens with zero attached hydrogens (tertiary/aromatic N) is 1. The molecule has 0 aliphatic carbocycles. The van der Waals surface area contributed by atoms with Crippen molar-refractivity contribution in [1.29, 1.82) is 0 Å². The molecule has 0 radical (unpaired) electrons. The number of benzene rings is 1. The van der Waals surface area contributed by atoms with E-state index < -0.39 is 0 Å². The van der Waals surface area contributed by atoms with Gasteiger partial charge in [-0.1, -0.05) is 18.2 Å². The van der Waals surface area contributed by atoms with Gasteiger partial charge in [0, 0.05) is 6.21 Å². The van der Waals surface area contributed by atoms with Gasteiger partial charge in [-0.2, -0.15) is 0 Å². The van der Waals surface area contributed by atoms with Gasteiger partial charge in [0.15, 0.2) is 0 Å². The minimum atomic E-state index is -0.239. The molecule has 0 bridgehead atoms. The smallest absolute Gasteiger partial charge is 0.148 e. The van der Waals surface area contributed by atoms with Crippen LogP contribution in [0.25, 0.3) is 0 Å². The van der Waals surface area contributed by atoms with Gasteiger partial charge in [-0.15, -0.1) is 0 Å². The topological polar surface area (TPSA) is 38.7 Å². The molecule has 1 aromatic carbocycles. The molecule has 3 heteroatoms. The lowest BCUT2D eigenvalue weighted by molar-refractivity contribution is -0.116. The lowest BCUT2D eigenvalue weighted by Crippen LogP contribution is -2.12. The van der Waals surface area contributed by atoms with Crippen LogP contribution in [0.2, 0.25) is 0 Å². The van der Waals surface area contributed by atoms with Crippen molar-refractivity contribution in [3.63, 3.8) is 0 Å². The number of aliphatic imine (C=N–C) groups is 1. The summed E-state index contributed by atoms with van der Waals surface area (Å²) in [6.07, 6.45) is 4.06. The van der Waals surface area contributed by atoms with Gasteiger partial charge >= 0.3 is 0 Å². The van der Waals surface area contributed by atoms with Crippen LogP contribution in [0.5, 0.6) is 0 Å². The fourth-order valence-corrected chi connectivity index (χ4v) is 1.58. The summed E-state index contributed by atoms with van der Waals surface area (Å²) in [5.74, 6) is 0. The van der Waals surface area contributed by atoms with Gasteiger partial charge in [-0.25, -0.2) is 0 Å². The first kappa shape index (κ1) is 10.1. The van der Waals surface area contributed by atoms with E-state index in [2.05, 4.69) is 4.99 Å². The molecule has 15 heavy (non-hydrogen) atoms. The first-order chi connectivity index (χ1) is 7.38. The molecule has 3 nitrogen and oxygen atoms in total. The third kappa shape index (κ3) is 2.73. The van der Waals surface area contributed by atoms with E-state index in [0.29, 0.717) is 0 Å². The Bertz CT molecular complexity index is 348. The van der Waals surface area contributed by atoms with Crippen LogP contribution in [0.4, 0.5) is 5.69 Å². The zero-order valence-corrected chi connectivity index (χ0v) is 8.37. The molecular weight excluding hydrogens is 190 g/mol. The van der Waals surface area contributed by atoms with E-state index >= 15 is 0 Å². The Morgan fingerprint density at radius 2 is 1.93 bits per heavy atom. The summed E-state index contributed by atoms with van der Waals surface area (Å²) >= 11 is 0. The number of carbonyl (C=O) groups is 1. The van der Waals surface area contributed by atoms with Gasteiger partial charge in [0.1, 0.15) is 12.4 Å². The molecular formula is C12H13NO2. The summed E-state index contributed by atoms with van der Waals surface area (Å²) in [4.78, 5) is 14.7. The van der Waals surface area contributed by atoms with Crippen LogP contribution in [0, 0.1) is 0 Å². The maximum absolute atomic E-state index is 10.5. The predicted octanol–water partition coefficient (Wildman–Crippen LogP) is 2.14. The highest BCUT2D eigenvalue weighted by molar-refractivity contribution is 5.69. The number of rotatable bonds is 3. The molecule has 0 amide bonds. The number of aldehydes is 1. The third-order valence-electron chi connectivity index (χ3n) is 2.38. The van der Waals surface area contributed by atoms with Crippen molar-refractivity contribution < 1.29 is 9.53 Å². The van der Waals surface area contributed by atoms with E-state index in [0.717, 1.165) is 24.8 Å². The van der Waals surface area contributed by atoms with Gasteiger partial charge in [0.05, 0.1) is 11.8 Å². The van der Waals surface area contributed by atoms with Crippen molar-refractivity contribution in [2.75, 3.05) is 0 Å². The molecule has 1 aliphatic heterocycles. The van der Waals surface area contributed by atoms with Gasteiger partial charge in [-0.3, -0.25) is 4.99 Å². The van der Waals surface area contributed by atoms with Gasteiger partial charge < -0.3 is 9.53 Å². The Morgan fingerprint density at radius 3 is 2.60 bits per heavy atom. The molecule has 0 aromatic heterocycles. The Morgan fingerprint density at radius 1 is 1.20 bits per heavy atom. The van der Waals surface area contributed by atoms with Crippen LogP contribution in [0.15, 0.2) is 35.3 Å². The van der Waals surface area contributed by atoms with E-state index in [1.54, 1.807) is 6.21 Å². The van der Waals surface area contributed by atoms with Crippen LogP contribution < -0.4 is 0 Å². The average molecular weight is 203 g/mol. The van der Waals surface area contributed by atoms with Crippen molar-refractivity contribution in [3.8, 4) is 0 Å². The largest absolute Gasteiger partial charge is 0.362 e. The molecule has 1 saturated heterocycles. The van der Waals surface area contributed by atoms with E-state index in [9.17, 15) is 4.79 Å². The Hall–Kier alpha value is -1.48. The van der Waals surface area contributed by atoms with Crippen molar-refractivity contribution >= 4 is 18.2 Å². The molecule has 1 aromatic rings. The molecule has 0 unspecified atom stereocenters. The quantitative estimate of drug-likeness (QED) is 0.557. The van der Waals surface area contributed by atoms with Crippen LogP contribution in [0.3, 0.4) is 0 Å². The van der Waals surface area contributed by atoms with Crippen molar-refractivity contribution in [2.24, 2.45) is 4.99 Å². The standard InChI is InChI=1S/C12H13NO2/c14-9-12-7-6-11(15-12)8-13-10-4-2-1-3-5-10/h1-5,8-9,11-12H,6-7H2/b13-8+/t11-,12+/m1/s1. The maximum atomic E-state index is 10.5. The van der Waals surface area contributed by atoms with Crippen LogP contribution in [-0.2, 0) is 9.53 Å². The fourth-order valence-electron chi connectivity index (χ4n) is 1.58. The molecule has 2 rings (SSSR count). The Balaban J connectivity index is 1.93. The molecule has 0 N–H and O–H groups in total. The summed E-state index contributed by atoms with van der Waals surface area (Å²) < 4.78 is 5.41. The molecule has 0 spiro atoms. The second-order valence-electron chi connectivity index (χ2n) is 3.54. The highest BCUT2D eigenvalue weighted by Crippen LogP contribution is 2.18. The highest BCUT2D eigenvalue weighted by atomic mass is 16.5. The van der Waals surface area contributed by atoms with E-state index in [1.807, 2.05) is 30.3 Å². The normalized spacial score (nSPS) is 25.9. The first-order valence-corrected chi connectivity index (χ1v) is 5.08. The van der Waals surface area contributed by atoms with Crippen molar-refractivity contribution in [1.82, 2.24) is 0 Å². The summed E-state index contributed by atoms with van der Waals surface area (Å²) in [6.45, 7) is 0. The molecule has 2 atom stereocenters. The first-order valence-electron chi connectivity index (χ1n) is 5.08. The summed E-state index contributed by atoms with van der Waals surface area (Å²) in [5, 5.41) is 0. The van der Waals surface area contributed by atoms with E-state index in [-0.39, 0.29) is 12.2 Å². The maximum Gasteiger partial charge on any atom is 0.148 e. The van der Waals surface area contributed by atoms with E-state index in [4.69, 9.17) is 4.74 Å². The van der Waals surface area contributed by atoms with Crippen molar-refractivity contribution in [2.45, 2.75) is 25.0 Å². The molecule has 1 heterocycles.